The molecule has 0 aliphatic heterocycles. The maximum Gasteiger partial charge on any atom is 0.341 e. The van der Waals surface area contributed by atoms with Crippen LogP contribution in [0.5, 0.6) is 0 Å². The maximum absolute atomic E-state index is 11.6. The third kappa shape index (κ3) is 2.96. The van der Waals surface area contributed by atoms with Crippen LogP contribution in [0.15, 0.2) is 6.07 Å². The van der Waals surface area contributed by atoms with Crippen molar-refractivity contribution < 1.29 is 23.8 Å². The van der Waals surface area contributed by atoms with E-state index in [1.807, 2.05) is 0 Å². The zero-order chi connectivity index (χ0) is 13.7. The number of esters is 2. The van der Waals surface area contributed by atoms with Crippen LogP contribution < -0.4 is 0 Å². The highest BCUT2D eigenvalue weighted by atomic mass is 35.5. The van der Waals surface area contributed by atoms with Crippen LogP contribution in [-0.4, -0.2) is 38.3 Å². The number of carbonyl (C=O) groups is 2. The number of methoxy groups -OCH3 is 3. The van der Waals surface area contributed by atoms with Crippen LogP contribution in [0.3, 0.4) is 0 Å². The Morgan fingerprint density at radius 2 is 1.72 bits per heavy atom. The predicted molar refractivity (Wildman–Crippen MR) is 62.6 cm³/mol. The van der Waals surface area contributed by atoms with E-state index in [0.717, 1.165) is 0 Å². The number of hydrogen-bond donors (Lipinski definition) is 0. The summed E-state index contributed by atoms with van der Waals surface area (Å²) in [6.45, 7) is 0.0750. The van der Waals surface area contributed by atoms with Gasteiger partial charge in [0.15, 0.2) is 0 Å². The van der Waals surface area contributed by atoms with Crippen molar-refractivity contribution in [3.05, 3.63) is 28.0 Å². The zero-order valence-electron chi connectivity index (χ0n) is 10.2. The van der Waals surface area contributed by atoms with E-state index in [1.165, 1.54) is 27.4 Å². The molecule has 1 aromatic heterocycles. The van der Waals surface area contributed by atoms with Gasteiger partial charge in [-0.3, -0.25) is 0 Å². The van der Waals surface area contributed by atoms with Crippen LogP contribution in [0, 0.1) is 0 Å². The van der Waals surface area contributed by atoms with Gasteiger partial charge < -0.3 is 14.2 Å². The lowest BCUT2D eigenvalue weighted by atomic mass is 10.1. The monoisotopic (exact) mass is 273 g/mol. The molecule has 0 aromatic carbocycles. The van der Waals surface area contributed by atoms with Crippen molar-refractivity contribution in [1.29, 1.82) is 0 Å². The summed E-state index contributed by atoms with van der Waals surface area (Å²) in [4.78, 5) is 26.9. The molecule has 6 nitrogen and oxygen atoms in total. The minimum atomic E-state index is -0.679. The molecule has 0 radical (unpaired) electrons. The summed E-state index contributed by atoms with van der Waals surface area (Å²) >= 11 is 5.84. The van der Waals surface area contributed by atoms with Gasteiger partial charge in [-0.15, -0.1) is 0 Å². The molecule has 0 fully saturated rings. The Labute approximate surface area is 109 Å². The fraction of sp³-hybridized carbons (Fsp3) is 0.364. The van der Waals surface area contributed by atoms with Crippen LogP contribution in [0.25, 0.3) is 0 Å². The highest BCUT2D eigenvalue weighted by Gasteiger charge is 2.20. The second-order valence-electron chi connectivity index (χ2n) is 3.24. The number of halogens is 1. The van der Waals surface area contributed by atoms with Gasteiger partial charge in [-0.2, -0.15) is 0 Å². The van der Waals surface area contributed by atoms with Crippen molar-refractivity contribution in [2.24, 2.45) is 0 Å². The van der Waals surface area contributed by atoms with E-state index in [1.54, 1.807) is 0 Å². The van der Waals surface area contributed by atoms with Crippen LogP contribution in [0.4, 0.5) is 0 Å². The van der Waals surface area contributed by atoms with Crippen LogP contribution in [0.1, 0.15) is 26.4 Å². The van der Waals surface area contributed by atoms with Crippen molar-refractivity contribution in [2.45, 2.75) is 6.61 Å². The van der Waals surface area contributed by atoms with Gasteiger partial charge in [-0.1, -0.05) is 11.6 Å². The Balaban J connectivity index is 3.35. The molecule has 1 aromatic rings. The first kappa shape index (κ1) is 14.4. The summed E-state index contributed by atoms with van der Waals surface area (Å²) in [7, 11) is 3.88. The molecule has 0 saturated carbocycles. The van der Waals surface area contributed by atoms with E-state index in [4.69, 9.17) is 16.3 Å². The summed E-state index contributed by atoms with van der Waals surface area (Å²) in [5, 5.41) is -0.0541. The summed E-state index contributed by atoms with van der Waals surface area (Å²) in [5.41, 5.74) is 0.408. The second-order valence-corrected chi connectivity index (χ2v) is 3.60. The molecule has 1 heterocycles. The van der Waals surface area contributed by atoms with Crippen molar-refractivity contribution >= 4 is 23.5 Å². The zero-order valence-corrected chi connectivity index (χ0v) is 10.9. The molecule has 0 amide bonds. The maximum atomic E-state index is 11.6. The lowest BCUT2D eigenvalue weighted by molar-refractivity contribution is 0.0593. The van der Waals surface area contributed by atoms with Crippen LogP contribution in [0.2, 0.25) is 5.15 Å². The highest BCUT2D eigenvalue weighted by Crippen LogP contribution is 2.20. The van der Waals surface area contributed by atoms with Gasteiger partial charge in [0.2, 0.25) is 0 Å². The number of pyridine rings is 1. The normalized spacial score (nSPS) is 10.0. The minimum Gasteiger partial charge on any atom is -0.465 e. The SMILES string of the molecule is COCc1nc(Cl)c(C(=O)OC)cc1C(=O)OC. The third-order valence-electron chi connectivity index (χ3n) is 2.15. The Morgan fingerprint density at radius 1 is 1.17 bits per heavy atom. The fourth-order valence-corrected chi connectivity index (χ4v) is 1.55. The quantitative estimate of drug-likeness (QED) is 0.611. The van der Waals surface area contributed by atoms with Crippen molar-refractivity contribution in [1.82, 2.24) is 4.98 Å². The first-order valence-corrected chi connectivity index (χ1v) is 5.27. The van der Waals surface area contributed by atoms with Gasteiger partial charge in [0.1, 0.15) is 5.15 Å². The van der Waals surface area contributed by atoms with E-state index in [9.17, 15) is 9.59 Å². The predicted octanol–water partition coefficient (Wildman–Crippen LogP) is 1.45. The molecule has 0 atom stereocenters. The second kappa shape index (κ2) is 6.32. The number of nitrogens with zero attached hydrogens (tertiary/aromatic N) is 1. The van der Waals surface area contributed by atoms with Gasteiger partial charge >= 0.3 is 11.9 Å². The molecule has 0 saturated heterocycles. The molecule has 7 heteroatoms. The molecular formula is C11H12ClNO5. The molecule has 0 N–H and O–H groups in total. The van der Waals surface area contributed by atoms with Gasteiger partial charge in [-0.05, 0) is 6.07 Å². The number of carbonyl (C=O) groups excluding carboxylic acids is 2. The van der Waals surface area contributed by atoms with Crippen LogP contribution in [-0.2, 0) is 20.8 Å². The Hall–Kier alpha value is -1.66. The summed E-state index contributed by atoms with van der Waals surface area (Å²) in [6, 6.07) is 1.28. The largest absolute Gasteiger partial charge is 0.465 e. The number of aromatic nitrogens is 1. The molecule has 0 unspecified atom stereocenters. The van der Waals surface area contributed by atoms with E-state index in [-0.39, 0.29) is 22.9 Å². The van der Waals surface area contributed by atoms with Gasteiger partial charge in [-0.25, -0.2) is 14.6 Å². The first-order chi connectivity index (χ1) is 8.54. The molecule has 0 spiro atoms. The topological polar surface area (TPSA) is 74.7 Å². The van der Waals surface area contributed by atoms with Crippen molar-refractivity contribution in [2.75, 3.05) is 21.3 Å². The lowest BCUT2D eigenvalue weighted by Gasteiger charge is -2.09. The molecule has 0 bridgehead atoms. The van der Waals surface area contributed by atoms with Crippen molar-refractivity contribution in [3.63, 3.8) is 0 Å². The lowest BCUT2D eigenvalue weighted by Crippen LogP contribution is -2.13. The van der Waals surface area contributed by atoms with Gasteiger partial charge in [0.05, 0.1) is 37.6 Å². The van der Waals surface area contributed by atoms with Gasteiger partial charge in [0, 0.05) is 7.11 Å². The average Bonchev–Trinajstić information content (AvgIpc) is 2.37. The van der Waals surface area contributed by atoms with E-state index in [0.29, 0.717) is 5.69 Å². The highest BCUT2D eigenvalue weighted by molar-refractivity contribution is 6.32. The standard InChI is InChI=1S/C11H12ClNO5/c1-16-5-8-6(10(14)17-2)4-7(9(12)13-8)11(15)18-3/h4H,5H2,1-3H3. The smallest absolute Gasteiger partial charge is 0.341 e. The number of ether oxygens (including phenoxy) is 3. The van der Waals surface area contributed by atoms with E-state index >= 15 is 0 Å². The van der Waals surface area contributed by atoms with E-state index < -0.39 is 11.9 Å². The fourth-order valence-electron chi connectivity index (χ4n) is 1.31. The number of rotatable bonds is 4. The Kier molecular flexibility index (Phi) is 5.06. The number of hydrogen-bond acceptors (Lipinski definition) is 6. The Morgan fingerprint density at radius 3 is 2.22 bits per heavy atom. The third-order valence-corrected chi connectivity index (χ3v) is 2.43. The average molecular weight is 274 g/mol. The van der Waals surface area contributed by atoms with Crippen molar-refractivity contribution in [3.8, 4) is 0 Å². The van der Waals surface area contributed by atoms with Gasteiger partial charge in [0.25, 0.3) is 0 Å². The minimum absolute atomic E-state index is 0.000537. The van der Waals surface area contributed by atoms with E-state index in [2.05, 4.69) is 14.5 Å². The summed E-state index contributed by atoms with van der Waals surface area (Å²) in [6.07, 6.45) is 0. The van der Waals surface area contributed by atoms with Crippen LogP contribution >= 0.6 is 11.6 Å². The molecule has 98 valence electrons. The molecule has 1 rings (SSSR count). The molecule has 0 aliphatic carbocycles. The first-order valence-electron chi connectivity index (χ1n) is 4.90. The summed E-state index contributed by atoms with van der Waals surface area (Å²) in [5.74, 6) is -1.31. The molecule has 18 heavy (non-hydrogen) atoms. The molecular weight excluding hydrogens is 262 g/mol. The molecule has 0 aliphatic rings. The summed E-state index contributed by atoms with van der Waals surface area (Å²) < 4.78 is 14.0. The Bertz CT molecular complexity index is 475.